The molecule has 0 aromatic carbocycles. The summed E-state index contributed by atoms with van der Waals surface area (Å²) in [6.07, 6.45) is -18.6. The Morgan fingerprint density at radius 1 is 0.658 bits per heavy atom. The van der Waals surface area contributed by atoms with Crippen molar-refractivity contribution in [1.29, 1.82) is 0 Å². The lowest BCUT2D eigenvalue weighted by atomic mass is 9.46. The van der Waals surface area contributed by atoms with Crippen LogP contribution >= 0.6 is 0 Å². The van der Waals surface area contributed by atoms with Crippen molar-refractivity contribution in [1.82, 2.24) is 0 Å². The number of ether oxygens (including phenoxy) is 9. The summed E-state index contributed by atoms with van der Waals surface area (Å²) in [7, 11) is 0. The molecule has 8 fully saturated rings. The summed E-state index contributed by atoms with van der Waals surface area (Å²) in [5.74, 6) is 1.45. The van der Waals surface area contributed by atoms with Crippen molar-refractivity contribution in [2.24, 2.45) is 40.4 Å². The molecule has 73 heavy (non-hydrogen) atoms. The van der Waals surface area contributed by atoms with Gasteiger partial charge in [0.25, 0.3) is 0 Å². The smallest absolute Gasteiger partial charge is 0.187 e. The molecule has 5 heterocycles. The van der Waals surface area contributed by atoms with Crippen LogP contribution in [0.4, 0.5) is 0 Å². The summed E-state index contributed by atoms with van der Waals surface area (Å²) >= 11 is 0. The maximum absolute atomic E-state index is 12.3. The third-order valence-corrected chi connectivity index (χ3v) is 18.9. The molecule has 3 saturated carbocycles. The van der Waals surface area contributed by atoms with Crippen LogP contribution in [-0.4, -0.2) is 227 Å². The van der Waals surface area contributed by atoms with Crippen LogP contribution in [-0.2, 0) is 42.6 Å². The summed E-state index contributed by atoms with van der Waals surface area (Å²) in [5, 5.41) is 139. The Hall–Kier alpha value is -1.56. The van der Waals surface area contributed by atoms with E-state index >= 15 is 0 Å². The quantitative estimate of drug-likeness (QED) is 0.0882. The van der Waals surface area contributed by atoms with Gasteiger partial charge in [-0.15, -0.1) is 0 Å². The average molecular weight is 1050 g/mol. The van der Waals surface area contributed by atoms with Gasteiger partial charge in [0.1, 0.15) is 103 Å². The van der Waals surface area contributed by atoms with Gasteiger partial charge in [0, 0.05) is 5.92 Å². The first-order valence-electron chi connectivity index (χ1n) is 26.5. The van der Waals surface area contributed by atoms with E-state index in [0.29, 0.717) is 42.8 Å². The lowest BCUT2D eigenvalue weighted by Crippen LogP contribution is -2.65. The predicted molar refractivity (Wildman–Crippen MR) is 249 cm³/mol. The van der Waals surface area contributed by atoms with Gasteiger partial charge in [-0.05, 0) is 113 Å². The van der Waals surface area contributed by atoms with Crippen molar-refractivity contribution < 1.29 is 109 Å². The van der Waals surface area contributed by atoms with Crippen molar-refractivity contribution in [3.63, 3.8) is 0 Å². The summed E-state index contributed by atoms with van der Waals surface area (Å²) in [5.41, 5.74) is -0.206. The Morgan fingerprint density at radius 3 is 1.93 bits per heavy atom. The van der Waals surface area contributed by atoms with E-state index in [-0.39, 0.29) is 41.5 Å². The molecule has 0 radical (unpaired) electrons. The molecule has 0 bridgehead atoms. The van der Waals surface area contributed by atoms with Gasteiger partial charge in [-0.3, -0.25) is 0 Å². The Balaban J connectivity index is 0.780. The van der Waals surface area contributed by atoms with Crippen molar-refractivity contribution in [3.05, 3.63) is 23.5 Å². The molecule has 0 unspecified atom stereocenters. The first kappa shape index (κ1) is 56.2. The molecule has 5 saturated heterocycles. The lowest BCUT2D eigenvalue weighted by molar-refractivity contribution is -0.376. The first-order valence-corrected chi connectivity index (χ1v) is 26.5. The van der Waals surface area contributed by atoms with Crippen LogP contribution in [0.1, 0.15) is 92.9 Å². The highest BCUT2D eigenvalue weighted by molar-refractivity contribution is 5.29. The van der Waals surface area contributed by atoms with Crippen LogP contribution in [0.5, 0.6) is 0 Å². The highest BCUT2D eigenvalue weighted by atomic mass is 16.8. The van der Waals surface area contributed by atoms with Crippen LogP contribution in [0.15, 0.2) is 23.5 Å². The van der Waals surface area contributed by atoms with E-state index < -0.39 is 142 Å². The van der Waals surface area contributed by atoms with E-state index in [1.165, 1.54) is 19.4 Å². The molecule has 0 spiro atoms. The van der Waals surface area contributed by atoms with Crippen LogP contribution in [0, 0.1) is 40.4 Å². The summed E-state index contributed by atoms with van der Waals surface area (Å²) in [4.78, 5) is 0. The topological polar surface area (TPSA) is 346 Å². The highest BCUT2D eigenvalue weighted by Gasteiger charge is 2.69. The Labute approximate surface area is 425 Å². The van der Waals surface area contributed by atoms with Gasteiger partial charge in [0.15, 0.2) is 25.2 Å². The molecular weight excluding hydrogens is 965 g/mol. The number of rotatable bonds is 13. The van der Waals surface area contributed by atoms with Crippen molar-refractivity contribution in [3.8, 4) is 0 Å². The number of aliphatic hydroxyl groups excluding tert-OH is 12. The van der Waals surface area contributed by atoms with E-state index in [0.717, 1.165) is 32.1 Å². The Kier molecular flexibility index (Phi) is 16.6. The lowest BCUT2D eigenvalue weighted by Gasteiger charge is -2.58. The van der Waals surface area contributed by atoms with Gasteiger partial charge in [-0.2, -0.15) is 0 Å². The third-order valence-electron chi connectivity index (χ3n) is 18.9. The maximum atomic E-state index is 12.3. The van der Waals surface area contributed by atoms with Crippen LogP contribution in [0.25, 0.3) is 0 Å². The van der Waals surface area contributed by atoms with Crippen LogP contribution < -0.4 is 0 Å². The largest absolute Gasteiger partial charge is 0.492 e. The molecule has 418 valence electrons. The second kappa shape index (κ2) is 21.6. The predicted octanol–water partition coefficient (Wildman–Crippen LogP) is -2.06. The molecule has 0 aromatic rings. The number of aliphatic hydroxyl groups is 13. The third kappa shape index (κ3) is 10.0. The summed E-state index contributed by atoms with van der Waals surface area (Å²) in [6, 6.07) is 0. The van der Waals surface area contributed by atoms with Crippen molar-refractivity contribution in [2.75, 3.05) is 19.8 Å². The molecule has 9 aliphatic rings. The monoisotopic (exact) mass is 1050 g/mol. The molecule has 9 rings (SSSR count). The zero-order valence-electron chi connectivity index (χ0n) is 42.5. The Morgan fingerprint density at radius 2 is 1.25 bits per heavy atom. The minimum Gasteiger partial charge on any atom is -0.492 e. The average Bonchev–Trinajstić information content (AvgIpc) is 3.82. The zero-order chi connectivity index (χ0) is 52.8. The standard InChI is InChI=1S/C51H82O22/c1-20(19-65-45-38(60)35(57)33(55)29(17-52)70-45)7-10-31-51(6,64)44-28(69-31)16-27-25-9-8-23-15-24(11-13-49(23,4)26(25)12-14-50(27,44)5)68-48-41(63)37(59)43(30(18-53)71-48)73-47-40(62)36(58)42(22(3)67-47)72-46-39(61)34(56)32(54)21(2)66-46/h8,10,20-22,24-30,32-48,52-64H,7,9,11-19H2,1-6H3/b31-10+/t20-,21-,22-,24-,25+,26-,27-,28-,29+,30+,32-,33+,34+,35-,36-,37+,38+,39+,40+,41+,42-,43+,44-,45+,46-,47-,48+,49-,50-,51-/m0/s1. The second-order valence-electron chi connectivity index (χ2n) is 23.5. The molecule has 4 aliphatic carbocycles. The normalized spacial score (nSPS) is 54.9. The van der Waals surface area contributed by atoms with E-state index in [1.54, 1.807) is 0 Å². The van der Waals surface area contributed by atoms with Crippen LogP contribution in [0.3, 0.4) is 0 Å². The van der Waals surface area contributed by atoms with E-state index in [9.17, 15) is 66.4 Å². The van der Waals surface area contributed by atoms with Crippen LogP contribution in [0.2, 0.25) is 0 Å². The first-order chi connectivity index (χ1) is 34.4. The zero-order valence-corrected chi connectivity index (χ0v) is 42.5. The molecule has 22 nitrogen and oxygen atoms in total. The maximum Gasteiger partial charge on any atom is 0.187 e. The second-order valence-corrected chi connectivity index (χ2v) is 23.5. The minimum atomic E-state index is -1.79. The fourth-order valence-electron chi connectivity index (χ4n) is 14.6. The van der Waals surface area contributed by atoms with Gasteiger partial charge >= 0.3 is 0 Å². The number of allylic oxidation sites excluding steroid dienone is 2. The molecule has 13 N–H and O–H groups in total. The number of hydrogen-bond acceptors (Lipinski definition) is 22. The molecular formula is C51H82O22. The molecule has 0 amide bonds. The van der Waals surface area contributed by atoms with Gasteiger partial charge in [0.2, 0.25) is 0 Å². The van der Waals surface area contributed by atoms with Gasteiger partial charge in [-0.25, -0.2) is 0 Å². The van der Waals surface area contributed by atoms with Crippen molar-refractivity contribution in [2.45, 2.75) is 234 Å². The van der Waals surface area contributed by atoms with Gasteiger partial charge in [-0.1, -0.05) is 32.4 Å². The van der Waals surface area contributed by atoms with E-state index in [4.69, 9.17) is 42.6 Å². The molecule has 0 aromatic heterocycles. The van der Waals surface area contributed by atoms with Gasteiger partial charge < -0.3 is 109 Å². The van der Waals surface area contributed by atoms with Crippen molar-refractivity contribution >= 4 is 0 Å². The summed E-state index contributed by atoms with van der Waals surface area (Å²) < 4.78 is 53.4. The molecule has 5 aliphatic heterocycles. The fourth-order valence-corrected chi connectivity index (χ4v) is 14.6. The minimum absolute atomic E-state index is 0.0864. The molecule has 22 heteroatoms. The fraction of sp³-hybridized carbons (Fsp3) is 0.922. The van der Waals surface area contributed by atoms with Gasteiger partial charge in [0.05, 0.1) is 38.1 Å². The number of hydrogen-bond donors (Lipinski definition) is 13. The number of fused-ring (bicyclic) bond motifs is 7. The molecule has 30 atom stereocenters. The highest BCUT2D eigenvalue weighted by Crippen LogP contribution is 2.70. The van der Waals surface area contributed by atoms with E-state index in [1.807, 2.05) is 19.9 Å². The summed E-state index contributed by atoms with van der Waals surface area (Å²) in [6.45, 7) is 10.4. The SMILES string of the molecule is C[C@@H](C/C=C1/O[C@H]2C[C@H]3[C@@H]4CC=C5C[C@@H](O[C@@H]6O[C@H](CO)[C@@H](O[C@@H]7O[C@@H](C)[C@H](O[C@@H]8O[C@@H](C)[C@H](O)[C@@H](O)[C@H]8O)[C@@H](O)[C@H]7O)[C@H](O)[C@H]6O)CC[C@]5(C)[C@H]4CC[C@]3(C)[C@H]2[C@@]1(C)O)CO[C@@H]1O[C@H](CO)[C@@H](O)[C@H](O)[C@H]1O. The van der Waals surface area contributed by atoms with E-state index in [2.05, 4.69) is 19.9 Å². The Bertz CT molecular complexity index is 1960.